The maximum absolute atomic E-state index is 7.57. The highest BCUT2D eigenvalue weighted by Gasteiger charge is 2.08. The highest BCUT2D eigenvalue weighted by Crippen LogP contribution is 2.31. The van der Waals surface area contributed by atoms with E-state index < -0.39 is 0 Å². The number of nitrogens with one attached hydrogen (secondary N) is 1. The van der Waals surface area contributed by atoms with Crippen LogP contribution in [0.5, 0.6) is 0 Å². The Hall–Kier alpha value is -0.850. The van der Waals surface area contributed by atoms with Crippen molar-refractivity contribution in [2.24, 2.45) is 5.73 Å². The molecule has 3 nitrogen and oxygen atoms in total. The van der Waals surface area contributed by atoms with Crippen molar-refractivity contribution in [2.75, 3.05) is 0 Å². The van der Waals surface area contributed by atoms with Gasteiger partial charge in [-0.3, -0.25) is 5.41 Å². The number of pyridine rings is 1. The van der Waals surface area contributed by atoms with E-state index in [1.54, 1.807) is 6.20 Å². The maximum atomic E-state index is 7.57. The van der Waals surface area contributed by atoms with Gasteiger partial charge in [0.15, 0.2) is 0 Å². The molecule has 0 aliphatic rings. The predicted octanol–water partition coefficient (Wildman–Crippen LogP) is 4.04. The number of nitrogen functional groups attached to an aromatic ring is 1. The molecule has 0 atom stereocenters. The molecule has 18 heavy (non-hydrogen) atoms. The van der Waals surface area contributed by atoms with Gasteiger partial charge in [-0.15, -0.1) is 0 Å². The Labute approximate surface area is 126 Å². The average Bonchev–Trinajstić information content (AvgIpc) is 2.32. The molecule has 0 fully saturated rings. The van der Waals surface area contributed by atoms with Crippen LogP contribution in [-0.2, 0) is 0 Å². The molecule has 1 aromatic heterocycles. The normalized spacial score (nSPS) is 10.3. The predicted molar refractivity (Wildman–Crippen MR) is 81.2 cm³/mol. The molecule has 0 saturated carbocycles. The summed E-state index contributed by atoms with van der Waals surface area (Å²) in [6.07, 6.45) is 1.74. The topological polar surface area (TPSA) is 62.8 Å². The van der Waals surface area contributed by atoms with E-state index in [4.69, 9.17) is 11.1 Å². The van der Waals surface area contributed by atoms with E-state index in [9.17, 15) is 0 Å². The van der Waals surface area contributed by atoms with Crippen LogP contribution in [0.1, 0.15) is 5.56 Å². The molecule has 3 N–H and O–H groups in total. The SMILES string of the molecule is N=C(N)c1ccc(Br)cc1Sc1ccc(Br)cn1. The van der Waals surface area contributed by atoms with E-state index >= 15 is 0 Å². The molecule has 2 aromatic rings. The second-order valence-electron chi connectivity index (χ2n) is 3.47. The van der Waals surface area contributed by atoms with Gasteiger partial charge in [0, 0.05) is 25.6 Å². The van der Waals surface area contributed by atoms with E-state index in [2.05, 4.69) is 36.8 Å². The summed E-state index contributed by atoms with van der Waals surface area (Å²) in [6.45, 7) is 0. The second-order valence-corrected chi connectivity index (χ2v) is 6.36. The van der Waals surface area contributed by atoms with Crippen LogP contribution < -0.4 is 5.73 Å². The minimum absolute atomic E-state index is 0.0575. The lowest BCUT2D eigenvalue weighted by Gasteiger charge is -2.08. The Balaban J connectivity index is 2.35. The van der Waals surface area contributed by atoms with Crippen molar-refractivity contribution in [1.82, 2.24) is 4.98 Å². The number of aromatic nitrogens is 1. The number of hydrogen-bond acceptors (Lipinski definition) is 3. The number of benzene rings is 1. The Morgan fingerprint density at radius 3 is 2.50 bits per heavy atom. The van der Waals surface area contributed by atoms with E-state index in [-0.39, 0.29) is 5.84 Å². The third kappa shape index (κ3) is 3.34. The number of nitrogens with zero attached hydrogens (tertiary/aromatic N) is 1. The van der Waals surface area contributed by atoms with E-state index in [0.717, 1.165) is 18.9 Å². The number of amidine groups is 1. The van der Waals surface area contributed by atoms with Crippen LogP contribution in [0.15, 0.2) is 55.4 Å². The minimum Gasteiger partial charge on any atom is -0.384 e. The Morgan fingerprint density at radius 1 is 1.17 bits per heavy atom. The summed E-state index contributed by atoms with van der Waals surface area (Å²) in [5.41, 5.74) is 6.28. The summed E-state index contributed by atoms with van der Waals surface area (Å²) in [6, 6.07) is 9.48. The first kappa shape index (κ1) is 13.6. The van der Waals surface area contributed by atoms with E-state index in [1.807, 2.05) is 30.3 Å². The number of rotatable bonds is 3. The highest BCUT2D eigenvalue weighted by atomic mass is 79.9. The van der Waals surface area contributed by atoms with Crippen LogP contribution in [0, 0.1) is 5.41 Å². The van der Waals surface area contributed by atoms with Gasteiger partial charge in [-0.05, 0) is 46.3 Å². The Morgan fingerprint density at radius 2 is 1.89 bits per heavy atom. The number of nitrogens with two attached hydrogens (primary N) is 1. The van der Waals surface area contributed by atoms with Gasteiger partial charge in [0.1, 0.15) is 10.9 Å². The number of hydrogen-bond donors (Lipinski definition) is 2. The molecule has 92 valence electrons. The largest absolute Gasteiger partial charge is 0.384 e. The van der Waals surface area contributed by atoms with Gasteiger partial charge in [-0.2, -0.15) is 0 Å². The third-order valence-electron chi connectivity index (χ3n) is 2.15. The van der Waals surface area contributed by atoms with Gasteiger partial charge in [-0.1, -0.05) is 27.7 Å². The first-order valence-electron chi connectivity index (χ1n) is 4.99. The standard InChI is InChI=1S/C12H9Br2N3S/c13-7-1-3-9(12(15)16)10(5-7)18-11-4-2-8(14)6-17-11/h1-6H,(H3,15,16). The van der Waals surface area contributed by atoms with Gasteiger partial charge in [0.25, 0.3) is 0 Å². The summed E-state index contributed by atoms with van der Waals surface area (Å²) in [5.74, 6) is 0.0575. The monoisotopic (exact) mass is 385 g/mol. The molecule has 0 amide bonds. The molecule has 0 saturated heterocycles. The molecule has 0 bridgehead atoms. The summed E-state index contributed by atoms with van der Waals surface area (Å²) in [5, 5.41) is 8.43. The van der Waals surface area contributed by atoms with Crippen molar-refractivity contribution < 1.29 is 0 Å². The van der Waals surface area contributed by atoms with Crippen LogP contribution in [-0.4, -0.2) is 10.8 Å². The zero-order valence-corrected chi connectivity index (χ0v) is 13.1. The molecule has 2 rings (SSSR count). The lowest BCUT2D eigenvalue weighted by molar-refractivity contribution is 1.12. The first-order chi connectivity index (χ1) is 8.56. The van der Waals surface area contributed by atoms with Crippen LogP contribution in [0.25, 0.3) is 0 Å². The zero-order chi connectivity index (χ0) is 13.1. The van der Waals surface area contributed by atoms with Crippen LogP contribution in [0.4, 0.5) is 0 Å². The van der Waals surface area contributed by atoms with E-state index in [0.29, 0.717) is 5.56 Å². The molecule has 0 unspecified atom stereocenters. The Kier molecular flexibility index (Phi) is 4.42. The molecule has 1 heterocycles. The first-order valence-corrected chi connectivity index (χ1v) is 7.40. The van der Waals surface area contributed by atoms with Crippen molar-refractivity contribution in [3.05, 3.63) is 51.0 Å². The van der Waals surface area contributed by atoms with Gasteiger partial charge >= 0.3 is 0 Å². The molecular weight excluding hydrogens is 378 g/mol. The minimum atomic E-state index is 0.0575. The van der Waals surface area contributed by atoms with Crippen molar-refractivity contribution in [2.45, 2.75) is 9.92 Å². The number of halogens is 2. The van der Waals surface area contributed by atoms with Gasteiger partial charge in [0.05, 0.1) is 0 Å². The third-order valence-corrected chi connectivity index (χ3v) is 4.12. The van der Waals surface area contributed by atoms with Gasteiger partial charge < -0.3 is 5.73 Å². The summed E-state index contributed by atoms with van der Waals surface area (Å²) in [7, 11) is 0. The second kappa shape index (κ2) is 5.86. The molecular formula is C12H9Br2N3S. The molecule has 0 aliphatic heterocycles. The van der Waals surface area contributed by atoms with Crippen molar-refractivity contribution in [3.63, 3.8) is 0 Å². The fourth-order valence-electron chi connectivity index (χ4n) is 1.34. The van der Waals surface area contributed by atoms with Gasteiger partial charge in [0.2, 0.25) is 0 Å². The summed E-state index contributed by atoms with van der Waals surface area (Å²) < 4.78 is 1.89. The zero-order valence-electron chi connectivity index (χ0n) is 9.15. The molecule has 6 heteroatoms. The summed E-state index contributed by atoms with van der Waals surface area (Å²) >= 11 is 8.25. The fourth-order valence-corrected chi connectivity index (χ4v) is 3.03. The van der Waals surface area contributed by atoms with Crippen molar-refractivity contribution in [1.29, 1.82) is 5.41 Å². The van der Waals surface area contributed by atoms with Crippen molar-refractivity contribution >= 4 is 49.5 Å². The van der Waals surface area contributed by atoms with Crippen LogP contribution >= 0.6 is 43.6 Å². The fraction of sp³-hybridized carbons (Fsp3) is 0. The van der Waals surface area contributed by atoms with Gasteiger partial charge in [-0.25, -0.2) is 4.98 Å². The van der Waals surface area contributed by atoms with Crippen molar-refractivity contribution in [3.8, 4) is 0 Å². The quantitative estimate of drug-likeness (QED) is 0.618. The smallest absolute Gasteiger partial charge is 0.123 e. The molecule has 0 radical (unpaired) electrons. The van der Waals surface area contributed by atoms with Crippen LogP contribution in [0.3, 0.4) is 0 Å². The molecule has 0 spiro atoms. The molecule has 1 aromatic carbocycles. The lowest BCUT2D eigenvalue weighted by Crippen LogP contribution is -2.12. The highest BCUT2D eigenvalue weighted by molar-refractivity contribution is 9.10. The van der Waals surface area contributed by atoms with E-state index in [1.165, 1.54) is 11.8 Å². The Bertz CT molecular complexity index is 584. The molecule has 0 aliphatic carbocycles. The average molecular weight is 387 g/mol. The lowest BCUT2D eigenvalue weighted by atomic mass is 10.2. The van der Waals surface area contributed by atoms with Crippen LogP contribution in [0.2, 0.25) is 0 Å². The maximum Gasteiger partial charge on any atom is 0.123 e. The summed E-state index contributed by atoms with van der Waals surface area (Å²) in [4.78, 5) is 5.20.